The molecule has 6 nitrogen and oxygen atoms in total. The SMILES string of the molecule is CC[C@@H](CCC1CC1)CCN(C)C(=O)C(NC(=O)NC(CN(C)SC)C(C)(C)C)C(C)(C)C. The number of nitrogens with one attached hydrogen (secondary N) is 2. The van der Waals surface area contributed by atoms with Crippen LogP contribution in [0.3, 0.4) is 0 Å². The highest BCUT2D eigenvalue weighted by Gasteiger charge is 2.36. The quantitative estimate of drug-likeness (QED) is 0.344. The minimum atomic E-state index is -0.576. The predicted molar refractivity (Wildman–Crippen MR) is 142 cm³/mol. The van der Waals surface area contributed by atoms with E-state index >= 15 is 0 Å². The lowest BCUT2D eigenvalue weighted by molar-refractivity contribution is -0.134. The average molecular weight is 485 g/mol. The fourth-order valence-electron chi connectivity index (χ4n) is 3.98. The summed E-state index contributed by atoms with van der Waals surface area (Å²) < 4.78 is 2.11. The van der Waals surface area contributed by atoms with Gasteiger partial charge in [-0.25, -0.2) is 4.79 Å². The van der Waals surface area contributed by atoms with Gasteiger partial charge in [0, 0.05) is 26.2 Å². The number of amides is 3. The molecule has 0 spiro atoms. The van der Waals surface area contributed by atoms with Crippen LogP contribution in [0.4, 0.5) is 4.79 Å². The molecule has 1 fully saturated rings. The molecular weight excluding hydrogens is 432 g/mol. The van der Waals surface area contributed by atoms with Gasteiger partial charge in [-0.15, -0.1) is 0 Å². The summed E-state index contributed by atoms with van der Waals surface area (Å²) in [5, 5.41) is 6.15. The molecule has 0 aromatic rings. The minimum absolute atomic E-state index is 0.0109. The molecule has 3 atom stereocenters. The molecule has 33 heavy (non-hydrogen) atoms. The van der Waals surface area contributed by atoms with Crippen molar-refractivity contribution in [3.8, 4) is 0 Å². The summed E-state index contributed by atoms with van der Waals surface area (Å²) in [5.41, 5.74) is -0.485. The second-order valence-corrected chi connectivity index (χ2v) is 13.2. The summed E-state index contributed by atoms with van der Waals surface area (Å²) in [6.45, 7) is 16.1. The maximum Gasteiger partial charge on any atom is 0.315 e. The van der Waals surface area contributed by atoms with Crippen LogP contribution < -0.4 is 10.6 Å². The van der Waals surface area contributed by atoms with Crippen LogP contribution in [0.25, 0.3) is 0 Å². The standard InChI is InChI=1S/C26H52N4O2S/c1-11-19(12-13-20-14-15-20)16-17-29(8)23(31)22(26(5,6)7)28-24(32)27-21(25(2,3)4)18-30(9)33-10/h19-22H,11-18H2,1-10H3,(H2,27,28,32)/t19-,21?,22?/m0/s1. The van der Waals surface area contributed by atoms with Gasteiger partial charge >= 0.3 is 6.03 Å². The molecule has 1 aliphatic rings. The number of hydrogen-bond acceptors (Lipinski definition) is 4. The van der Waals surface area contributed by atoms with Gasteiger partial charge in [0.05, 0.1) is 0 Å². The summed E-state index contributed by atoms with van der Waals surface area (Å²) in [4.78, 5) is 28.2. The van der Waals surface area contributed by atoms with Crippen LogP contribution in [0.1, 0.15) is 87.0 Å². The molecule has 0 aromatic heterocycles. The van der Waals surface area contributed by atoms with E-state index in [4.69, 9.17) is 0 Å². The Kier molecular flexibility index (Phi) is 12.1. The third kappa shape index (κ3) is 11.3. The molecule has 2 N–H and O–H groups in total. The molecular formula is C26H52N4O2S. The Morgan fingerprint density at radius 2 is 1.61 bits per heavy atom. The number of nitrogens with zero attached hydrogens (tertiary/aromatic N) is 2. The highest BCUT2D eigenvalue weighted by Crippen LogP contribution is 2.35. The smallest absolute Gasteiger partial charge is 0.315 e. The third-order valence-corrected chi connectivity index (χ3v) is 7.77. The number of hydrogen-bond donors (Lipinski definition) is 2. The van der Waals surface area contributed by atoms with Crippen molar-refractivity contribution in [3.05, 3.63) is 0 Å². The van der Waals surface area contributed by atoms with E-state index in [0.29, 0.717) is 5.92 Å². The summed E-state index contributed by atoms with van der Waals surface area (Å²) in [7, 11) is 3.90. The van der Waals surface area contributed by atoms with Crippen LogP contribution in [0.5, 0.6) is 0 Å². The fraction of sp³-hybridized carbons (Fsp3) is 0.923. The molecule has 2 unspecified atom stereocenters. The molecule has 1 saturated carbocycles. The largest absolute Gasteiger partial charge is 0.344 e. The minimum Gasteiger partial charge on any atom is -0.344 e. The molecule has 0 radical (unpaired) electrons. The number of likely N-dealkylation sites (N-methyl/N-ethyl adjacent to an activating group) is 2. The second kappa shape index (κ2) is 13.2. The lowest BCUT2D eigenvalue weighted by Gasteiger charge is -2.37. The van der Waals surface area contributed by atoms with Gasteiger partial charge in [0.2, 0.25) is 5.91 Å². The number of carbonyl (C=O) groups excluding carboxylic acids is 2. The molecule has 0 saturated heterocycles. The van der Waals surface area contributed by atoms with Crippen LogP contribution in [-0.2, 0) is 4.79 Å². The van der Waals surface area contributed by atoms with Crippen LogP contribution in [-0.4, -0.2) is 66.7 Å². The molecule has 7 heteroatoms. The summed E-state index contributed by atoms with van der Waals surface area (Å²) in [6.07, 6.45) is 9.63. The van der Waals surface area contributed by atoms with E-state index in [9.17, 15) is 9.59 Å². The zero-order chi connectivity index (χ0) is 25.4. The molecule has 1 rings (SSSR count). The van der Waals surface area contributed by atoms with Gasteiger partial charge < -0.3 is 15.5 Å². The van der Waals surface area contributed by atoms with Crippen molar-refractivity contribution in [3.63, 3.8) is 0 Å². The topological polar surface area (TPSA) is 64.7 Å². The molecule has 194 valence electrons. The van der Waals surface area contributed by atoms with Gasteiger partial charge in [-0.1, -0.05) is 92.5 Å². The fourth-order valence-corrected chi connectivity index (χ4v) is 4.28. The van der Waals surface area contributed by atoms with E-state index in [-0.39, 0.29) is 28.8 Å². The van der Waals surface area contributed by atoms with Crippen molar-refractivity contribution in [1.82, 2.24) is 19.8 Å². The van der Waals surface area contributed by atoms with Crippen molar-refractivity contribution in [2.24, 2.45) is 22.7 Å². The van der Waals surface area contributed by atoms with Crippen molar-refractivity contribution in [2.45, 2.75) is 99.1 Å². The van der Waals surface area contributed by atoms with Crippen LogP contribution >= 0.6 is 11.9 Å². The van der Waals surface area contributed by atoms with Crippen molar-refractivity contribution >= 4 is 23.9 Å². The maximum atomic E-state index is 13.4. The molecule has 3 amide bonds. The van der Waals surface area contributed by atoms with Crippen molar-refractivity contribution in [2.75, 3.05) is 33.4 Å². The molecule has 0 aliphatic heterocycles. The molecule has 0 heterocycles. The lowest BCUT2D eigenvalue weighted by Crippen LogP contribution is -2.59. The normalized spacial score (nSPS) is 17.4. The van der Waals surface area contributed by atoms with Crippen LogP contribution in [0, 0.1) is 22.7 Å². The van der Waals surface area contributed by atoms with Gasteiger partial charge in [-0.2, -0.15) is 0 Å². The van der Waals surface area contributed by atoms with Crippen molar-refractivity contribution < 1.29 is 9.59 Å². The Labute approximate surface area is 208 Å². The predicted octanol–water partition coefficient (Wildman–Crippen LogP) is 5.39. The first kappa shape index (κ1) is 30.1. The van der Waals surface area contributed by atoms with Gasteiger partial charge in [0.1, 0.15) is 6.04 Å². The Balaban J connectivity index is 2.74. The lowest BCUT2D eigenvalue weighted by atomic mass is 9.85. The first-order chi connectivity index (χ1) is 15.2. The average Bonchev–Trinajstić information content (AvgIpc) is 3.53. The molecule has 0 aromatic carbocycles. The second-order valence-electron chi connectivity index (χ2n) is 12.2. The Morgan fingerprint density at radius 1 is 1.00 bits per heavy atom. The summed E-state index contributed by atoms with van der Waals surface area (Å²) in [5.74, 6) is 1.62. The summed E-state index contributed by atoms with van der Waals surface area (Å²) in [6, 6.07) is -0.893. The molecule has 1 aliphatic carbocycles. The molecule has 0 bridgehead atoms. The zero-order valence-electron chi connectivity index (χ0n) is 23.1. The highest BCUT2D eigenvalue weighted by molar-refractivity contribution is 7.96. The first-order valence-corrected chi connectivity index (χ1v) is 13.9. The third-order valence-electron chi connectivity index (χ3n) is 7.00. The zero-order valence-corrected chi connectivity index (χ0v) is 23.9. The van der Waals surface area contributed by atoms with Crippen LogP contribution in [0.15, 0.2) is 0 Å². The van der Waals surface area contributed by atoms with Gasteiger partial charge in [-0.05, 0) is 42.4 Å². The number of urea groups is 1. The van der Waals surface area contributed by atoms with E-state index in [1.54, 1.807) is 11.9 Å². The van der Waals surface area contributed by atoms with E-state index in [0.717, 1.165) is 31.8 Å². The van der Waals surface area contributed by atoms with E-state index in [1.807, 2.05) is 46.0 Å². The Bertz CT molecular complexity index is 610. The van der Waals surface area contributed by atoms with E-state index < -0.39 is 6.04 Å². The van der Waals surface area contributed by atoms with Gasteiger partial charge in [-0.3, -0.25) is 9.10 Å². The van der Waals surface area contributed by atoms with Crippen molar-refractivity contribution in [1.29, 1.82) is 0 Å². The van der Waals surface area contributed by atoms with E-state index in [2.05, 4.69) is 42.6 Å². The summed E-state index contributed by atoms with van der Waals surface area (Å²) >= 11 is 1.64. The maximum absolute atomic E-state index is 13.4. The number of carbonyl (C=O) groups is 2. The first-order valence-electron chi connectivity index (χ1n) is 12.8. The Morgan fingerprint density at radius 3 is 2.06 bits per heavy atom. The van der Waals surface area contributed by atoms with Gasteiger partial charge in [0.25, 0.3) is 0 Å². The monoisotopic (exact) mass is 484 g/mol. The highest BCUT2D eigenvalue weighted by atomic mass is 32.2. The Hall–Kier alpha value is -0.950. The number of rotatable bonds is 13. The van der Waals surface area contributed by atoms with Crippen LogP contribution in [0.2, 0.25) is 0 Å². The van der Waals surface area contributed by atoms with Gasteiger partial charge in [0.15, 0.2) is 0 Å². The van der Waals surface area contributed by atoms with E-state index in [1.165, 1.54) is 25.7 Å².